The lowest BCUT2D eigenvalue weighted by Crippen LogP contribution is -2.34. The number of benzene rings is 3. The Morgan fingerprint density at radius 2 is 1.82 bits per heavy atom. The molecule has 1 saturated heterocycles. The summed E-state index contributed by atoms with van der Waals surface area (Å²) in [6.45, 7) is 6.73. The Balaban J connectivity index is 1.17. The molecular weight excluding hydrogens is 701 g/mol. The molecular formula is C40H41Cl2N5O3S. The molecule has 1 N–H and O–H groups in total. The number of piperidine rings is 1. The van der Waals surface area contributed by atoms with Gasteiger partial charge in [-0.15, -0.1) is 11.3 Å². The van der Waals surface area contributed by atoms with Crippen LogP contribution in [-0.2, 0) is 26.2 Å². The second-order valence-electron chi connectivity index (χ2n) is 12.9. The first kappa shape index (κ1) is 36.6. The highest BCUT2D eigenvalue weighted by atomic mass is 35.5. The summed E-state index contributed by atoms with van der Waals surface area (Å²) in [5.41, 5.74) is 9.06. The Bertz CT molecular complexity index is 1970. The van der Waals surface area contributed by atoms with Gasteiger partial charge in [-0.2, -0.15) is 5.26 Å². The summed E-state index contributed by atoms with van der Waals surface area (Å²) >= 11 is 15.4. The maximum Gasteiger partial charge on any atom is 0.142 e. The zero-order chi connectivity index (χ0) is 35.6. The van der Waals surface area contributed by atoms with Crippen molar-refractivity contribution in [1.29, 1.82) is 5.26 Å². The maximum absolute atomic E-state index is 9.31. The number of pyridine rings is 1. The van der Waals surface area contributed by atoms with Gasteiger partial charge in [0, 0.05) is 72.5 Å². The van der Waals surface area contributed by atoms with Crippen LogP contribution in [0.15, 0.2) is 77.9 Å². The number of nitriles is 1. The van der Waals surface area contributed by atoms with E-state index in [1.807, 2.05) is 48.0 Å². The number of halogens is 2. The normalized spacial score (nSPS) is 14.6. The fourth-order valence-corrected chi connectivity index (χ4v) is 7.40. The molecule has 0 bridgehead atoms. The maximum atomic E-state index is 9.31. The van der Waals surface area contributed by atoms with Crippen molar-refractivity contribution >= 4 is 34.5 Å². The predicted molar refractivity (Wildman–Crippen MR) is 204 cm³/mol. The Labute approximate surface area is 313 Å². The monoisotopic (exact) mass is 741 g/mol. The first-order valence-electron chi connectivity index (χ1n) is 17.1. The van der Waals surface area contributed by atoms with Gasteiger partial charge in [0.05, 0.1) is 33.4 Å². The summed E-state index contributed by atoms with van der Waals surface area (Å²) in [6, 6.07) is 19.7. The fraction of sp³-hybridized carbons (Fsp3) is 0.325. The molecule has 0 spiro atoms. The summed E-state index contributed by atoms with van der Waals surface area (Å²) < 4.78 is 18.9. The average molecular weight is 743 g/mol. The molecule has 8 nitrogen and oxygen atoms in total. The van der Waals surface area contributed by atoms with Crippen molar-refractivity contribution in [3.05, 3.63) is 121 Å². The van der Waals surface area contributed by atoms with Crippen LogP contribution >= 0.6 is 34.5 Å². The lowest BCUT2D eigenvalue weighted by atomic mass is 9.96. The average Bonchev–Trinajstić information content (AvgIpc) is 3.67. The van der Waals surface area contributed by atoms with Crippen LogP contribution in [0.1, 0.15) is 46.4 Å². The van der Waals surface area contributed by atoms with E-state index in [1.165, 1.54) is 19.0 Å². The number of hydrogen-bond acceptors (Lipinski definition) is 9. The quantitative estimate of drug-likeness (QED) is 0.106. The number of thiazole rings is 1. The lowest BCUT2D eigenvalue weighted by molar-refractivity contribution is 0.150. The highest BCUT2D eigenvalue weighted by Crippen LogP contribution is 2.39. The van der Waals surface area contributed by atoms with E-state index in [2.05, 4.69) is 51.7 Å². The van der Waals surface area contributed by atoms with Crippen LogP contribution in [0.4, 0.5) is 0 Å². The summed E-state index contributed by atoms with van der Waals surface area (Å²) in [6.07, 6.45) is 6.40. The number of hydrogen-bond donors (Lipinski definition) is 1. The number of nitrogens with zero attached hydrogens (tertiary/aromatic N) is 4. The second kappa shape index (κ2) is 17.9. The van der Waals surface area contributed by atoms with Gasteiger partial charge in [-0.3, -0.25) is 4.98 Å². The van der Waals surface area contributed by atoms with Gasteiger partial charge in [0.2, 0.25) is 0 Å². The van der Waals surface area contributed by atoms with Crippen LogP contribution in [0.25, 0.3) is 11.1 Å². The number of likely N-dealkylation sites (tertiary alicyclic amines) is 1. The van der Waals surface area contributed by atoms with Crippen LogP contribution < -0.4 is 19.5 Å². The molecule has 3 aromatic carbocycles. The zero-order valence-electron chi connectivity index (χ0n) is 28.8. The molecule has 0 amide bonds. The van der Waals surface area contributed by atoms with Crippen molar-refractivity contribution in [2.24, 2.45) is 5.92 Å². The third-order valence-electron chi connectivity index (χ3n) is 9.07. The Morgan fingerprint density at radius 1 is 0.980 bits per heavy atom. The predicted octanol–water partition coefficient (Wildman–Crippen LogP) is 8.90. The highest BCUT2D eigenvalue weighted by Gasteiger charge is 2.20. The molecule has 0 saturated carbocycles. The van der Waals surface area contributed by atoms with Crippen molar-refractivity contribution in [3.63, 3.8) is 0 Å². The van der Waals surface area contributed by atoms with Gasteiger partial charge in [0.15, 0.2) is 0 Å². The van der Waals surface area contributed by atoms with Crippen molar-refractivity contribution in [2.45, 2.75) is 45.9 Å². The minimum atomic E-state index is 0.234. The summed E-state index contributed by atoms with van der Waals surface area (Å²) in [4.78, 5) is 10.9. The number of ether oxygens (including phenoxy) is 3. The van der Waals surface area contributed by atoms with Crippen molar-refractivity contribution in [3.8, 4) is 34.4 Å². The minimum Gasteiger partial charge on any atom is -0.492 e. The van der Waals surface area contributed by atoms with Gasteiger partial charge >= 0.3 is 0 Å². The molecule has 51 heavy (non-hydrogen) atoms. The lowest BCUT2D eigenvalue weighted by Gasteiger charge is -2.29. The molecule has 6 rings (SSSR count). The smallest absolute Gasteiger partial charge is 0.142 e. The van der Waals surface area contributed by atoms with Gasteiger partial charge in [0.1, 0.15) is 36.5 Å². The highest BCUT2D eigenvalue weighted by molar-refractivity contribution is 7.07. The third-order valence-corrected chi connectivity index (χ3v) is 10.4. The summed E-state index contributed by atoms with van der Waals surface area (Å²) in [5.74, 6) is 2.34. The molecule has 1 aliphatic heterocycles. The van der Waals surface area contributed by atoms with Gasteiger partial charge < -0.3 is 24.4 Å². The van der Waals surface area contributed by atoms with Gasteiger partial charge in [-0.05, 0) is 68.2 Å². The van der Waals surface area contributed by atoms with Gasteiger partial charge in [0.25, 0.3) is 0 Å². The first-order chi connectivity index (χ1) is 24.9. The molecule has 0 radical (unpaired) electrons. The molecule has 0 aliphatic carbocycles. The van der Waals surface area contributed by atoms with E-state index in [9.17, 15) is 5.26 Å². The van der Waals surface area contributed by atoms with Gasteiger partial charge in [-0.1, -0.05) is 53.5 Å². The van der Waals surface area contributed by atoms with E-state index in [1.54, 1.807) is 23.6 Å². The summed E-state index contributed by atoms with van der Waals surface area (Å²) in [5, 5.41) is 15.9. The van der Waals surface area contributed by atoms with Crippen LogP contribution in [0.2, 0.25) is 10.0 Å². The first-order valence-corrected chi connectivity index (χ1v) is 18.8. The van der Waals surface area contributed by atoms with Crippen LogP contribution in [-0.4, -0.2) is 48.2 Å². The van der Waals surface area contributed by atoms with Gasteiger partial charge in [-0.25, -0.2) is 4.98 Å². The standard InChI is InChI=1S/C40H41Cl2N5O3S/c1-27-31(7-3-8-34(27)35-9-4-10-37(40(35)42)48-22-28-6-5-13-47(2)21-28)24-50-39-16-38(49-23-30-14-29(17-43)18-45-19-30)32(15-36(39)41)20-44-12-11-33-25-51-26-46-33/h3-4,7-10,14-16,18-19,25-26,28,44H,5-6,11-13,20-24H2,1-2H3. The van der Waals surface area contributed by atoms with E-state index in [0.29, 0.717) is 58.5 Å². The Morgan fingerprint density at radius 3 is 2.65 bits per heavy atom. The summed E-state index contributed by atoms with van der Waals surface area (Å²) in [7, 11) is 2.16. The van der Waals surface area contributed by atoms with Crippen LogP contribution in [0.5, 0.6) is 17.2 Å². The van der Waals surface area contributed by atoms with E-state index in [4.69, 9.17) is 37.4 Å². The SMILES string of the molecule is Cc1c(COc2cc(OCc3cncc(C#N)c3)c(CNCCc3cscn3)cc2Cl)cccc1-c1cccc(OCC2CCCN(C)C2)c1Cl. The van der Waals surface area contributed by atoms with Crippen molar-refractivity contribution in [1.82, 2.24) is 20.2 Å². The second-order valence-corrected chi connectivity index (χ2v) is 14.4. The van der Waals surface area contributed by atoms with E-state index in [-0.39, 0.29) is 6.61 Å². The molecule has 5 aromatic rings. The molecule has 1 atom stereocenters. The molecule has 264 valence electrons. The topological polar surface area (TPSA) is 92.5 Å². The van der Waals surface area contributed by atoms with Crippen LogP contribution in [0.3, 0.4) is 0 Å². The molecule has 3 heterocycles. The van der Waals surface area contributed by atoms with E-state index < -0.39 is 0 Å². The molecule has 1 fully saturated rings. The van der Waals surface area contributed by atoms with E-state index >= 15 is 0 Å². The van der Waals surface area contributed by atoms with Crippen molar-refractivity contribution < 1.29 is 14.2 Å². The van der Waals surface area contributed by atoms with E-state index in [0.717, 1.165) is 65.1 Å². The minimum absolute atomic E-state index is 0.234. The molecule has 1 aliphatic rings. The molecule has 1 unspecified atom stereocenters. The molecule has 2 aromatic heterocycles. The largest absolute Gasteiger partial charge is 0.492 e. The number of nitrogens with one attached hydrogen (secondary N) is 1. The van der Waals surface area contributed by atoms with Crippen LogP contribution in [0, 0.1) is 24.2 Å². The Kier molecular flexibility index (Phi) is 12.8. The third kappa shape index (κ3) is 9.79. The van der Waals surface area contributed by atoms with Crippen molar-refractivity contribution in [2.75, 3.05) is 33.3 Å². The zero-order valence-corrected chi connectivity index (χ0v) is 31.2. The Hall–Kier alpha value is -4.17. The molecule has 11 heteroatoms. The fourth-order valence-electron chi connectivity index (χ4n) is 6.28. The number of rotatable bonds is 15. The number of aromatic nitrogens is 2.